The molecule has 2 unspecified atom stereocenters. The number of piperidine rings is 1. The molecule has 0 aliphatic carbocycles. The highest BCUT2D eigenvalue weighted by molar-refractivity contribution is 6.05. The SMILES string of the molecule is O=C1CCC(N2Cc3cc(OC4CCCNCC4)ccc3C2=O)C(=O)N1. The van der Waals surface area contributed by atoms with Crippen molar-refractivity contribution in [1.82, 2.24) is 15.5 Å². The fraction of sp³-hybridized carbons (Fsp3) is 0.526. The lowest BCUT2D eigenvalue weighted by Crippen LogP contribution is -2.52. The molecule has 2 fully saturated rings. The number of ether oxygens (including phenoxy) is 1. The molecule has 2 atom stereocenters. The molecule has 3 heterocycles. The Kier molecular flexibility index (Phi) is 4.63. The Balaban J connectivity index is 1.47. The molecule has 2 N–H and O–H groups in total. The van der Waals surface area contributed by atoms with Gasteiger partial charge in [-0.1, -0.05) is 0 Å². The summed E-state index contributed by atoms with van der Waals surface area (Å²) in [5.41, 5.74) is 1.49. The number of hydrogen-bond donors (Lipinski definition) is 2. The number of nitrogens with zero attached hydrogens (tertiary/aromatic N) is 1. The molecule has 2 saturated heterocycles. The van der Waals surface area contributed by atoms with E-state index in [1.807, 2.05) is 12.1 Å². The molecule has 0 bridgehead atoms. The fourth-order valence-corrected chi connectivity index (χ4v) is 3.92. The van der Waals surface area contributed by atoms with Crippen LogP contribution in [0.1, 0.15) is 48.0 Å². The maximum atomic E-state index is 12.7. The molecule has 3 amide bonds. The van der Waals surface area contributed by atoms with Crippen LogP contribution in [0.3, 0.4) is 0 Å². The van der Waals surface area contributed by atoms with Gasteiger partial charge in [-0.2, -0.15) is 0 Å². The molecule has 26 heavy (non-hydrogen) atoms. The van der Waals surface area contributed by atoms with Gasteiger partial charge in [0, 0.05) is 18.5 Å². The van der Waals surface area contributed by atoms with Gasteiger partial charge in [-0.05, 0) is 62.5 Å². The summed E-state index contributed by atoms with van der Waals surface area (Å²) in [5, 5.41) is 5.69. The van der Waals surface area contributed by atoms with Crippen LogP contribution in [0.5, 0.6) is 5.75 Å². The van der Waals surface area contributed by atoms with Crippen LogP contribution >= 0.6 is 0 Å². The van der Waals surface area contributed by atoms with Gasteiger partial charge in [-0.25, -0.2) is 0 Å². The Hall–Kier alpha value is -2.41. The Morgan fingerprint density at radius 3 is 2.81 bits per heavy atom. The lowest BCUT2D eigenvalue weighted by Gasteiger charge is -2.29. The van der Waals surface area contributed by atoms with Gasteiger partial charge in [-0.15, -0.1) is 0 Å². The van der Waals surface area contributed by atoms with Crippen molar-refractivity contribution in [2.24, 2.45) is 0 Å². The summed E-state index contributed by atoms with van der Waals surface area (Å²) >= 11 is 0. The summed E-state index contributed by atoms with van der Waals surface area (Å²) in [6, 6.07) is 4.96. The molecule has 0 aromatic heterocycles. The van der Waals surface area contributed by atoms with Crippen molar-refractivity contribution in [3.05, 3.63) is 29.3 Å². The number of rotatable bonds is 3. The van der Waals surface area contributed by atoms with Gasteiger partial charge in [0.1, 0.15) is 11.8 Å². The lowest BCUT2D eigenvalue weighted by molar-refractivity contribution is -0.136. The first kappa shape index (κ1) is 17.0. The summed E-state index contributed by atoms with van der Waals surface area (Å²) in [7, 11) is 0. The summed E-state index contributed by atoms with van der Waals surface area (Å²) in [5.74, 6) is -0.0397. The minimum Gasteiger partial charge on any atom is -0.490 e. The quantitative estimate of drug-likeness (QED) is 0.787. The van der Waals surface area contributed by atoms with Crippen molar-refractivity contribution in [3.63, 3.8) is 0 Å². The van der Waals surface area contributed by atoms with Gasteiger partial charge >= 0.3 is 0 Å². The van der Waals surface area contributed by atoms with Gasteiger partial charge in [0.25, 0.3) is 5.91 Å². The van der Waals surface area contributed by atoms with Crippen molar-refractivity contribution in [3.8, 4) is 5.75 Å². The Labute approximate surface area is 152 Å². The van der Waals surface area contributed by atoms with Crippen LogP contribution in [0.4, 0.5) is 0 Å². The number of imide groups is 1. The standard InChI is InChI=1S/C19H23N3O4/c23-17-6-5-16(18(24)21-17)22-11-12-10-14(3-4-15(12)19(22)25)26-13-2-1-8-20-9-7-13/h3-4,10,13,16,20H,1-2,5-9,11H2,(H,21,23,24). The summed E-state index contributed by atoms with van der Waals surface area (Å²) in [6.45, 7) is 2.36. The molecule has 138 valence electrons. The number of fused-ring (bicyclic) bond motifs is 1. The maximum absolute atomic E-state index is 12.7. The smallest absolute Gasteiger partial charge is 0.255 e. The molecule has 0 spiro atoms. The second kappa shape index (κ2) is 7.07. The van der Waals surface area contributed by atoms with Gasteiger partial charge in [-0.3, -0.25) is 19.7 Å². The van der Waals surface area contributed by atoms with Crippen molar-refractivity contribution in [2.45, 2.75) is 50.8 Å². The van der Waals surface area contributed by atoms with Crippen LogP contribution in [0, 0.1) is 0 Å². The van der Waals surface area contributed by atoms with E-state index in [1.54, 1.807) is 11.0 Å². The average Bonchev–Trinajstić information content (AvgIpc) is 2.78. The highest BCUT2D eigenvalue weighted by Gasteiger charge is 2.39. The van der Waals surface area contributed by atoms with E-state index in [0.29, 0.717) is 18.5 Å². The Bertz CT molecular complexity index is 740. The molecule has 3 aliphatic heterocycles. The van der Waals surface area contributed by atoms with E-state index in [4.69, 9.17) is 4.74 Å². The monoisotopic (exact) mass is 357 g/mol. The van der Waals surface area contributed by atoms with E-state index in [0.717, 1.165) is 43.7 Å². The zero-order chi connectivity index (χ0) is 18.1. The van der Waals surface area contributed by atoms with Crippen LogP contribution in [-0.4, -0.2) is 47.9 Å². The number of benzene rings is 1. The second-order valence-electron chi connectivity index (χ2n) is 7.14. The minimum atomic E-state index is -0.579. The molecule has 7 heteroatoms. The highest BCUT2D eigenvalue weighted by atomic mass is 16.5. The number of hydrogen-bond acceptors (Lipinski definition) is 5. The number of nitrogens with one attached hydrogen (secondary N) is 2. The second-order valence-corrected chi connectivity index (χ2v) is 7.14. The van der Waals surface area contributed by atoms with Crippen LogP contribution < -0.4 is 15.4 Å². The summed E-state index contributed by atoms with van der Waals surface area (Å²) < 4.78 is 6.12. The maximum Gasteiger partial charge on any atom is 0.255 e. The lowest BCUT2D eigenvalue weighted by atomic mass is 10.0. The molecule has 1 aromatic carbocycles. The molecule has 0 radical (unpaired) electrons. The van der Waals surface area contributed by atoms with Crippen molar-refractivity contribution >= 4 is 17.7 Å². The van der Waals surface area contributed by atoms with Crippen molar-refractivity contribution in [2.75, 3.05) is 13.1 Å². The van der Waals surface area contributed by atoms with Gasteiger partial charge in [0.2, 0.25) is 11.8 Å². The van der Waals surface area contributed by atoms with Crippen LogP contribution in [0.25, 0.3) is 0 Å². The highest BCUT2D eigenvalue weighted by Crippen LogP contribution is 2.30. The minimum absolute atomic E-state index is 0.153. The summed E-state index contributed by atoms with van der Waals surface area (Å²) in [4.78, 5) is 37.7. The molecular formula is C19H23N3O4. The molecule has 1 aromatic rings. The van der Waals surface area contributed by atoms with Crippen LogP contribution in [0.2, 0.25) is 0 Å². The normalized spacial score (nSPS) is 26.3. The van der Waals surface area contributed by atoms with E-state index >= 15 is 0 Å². The van der Waals surface area contributed by atoms with Gasteiger partial charge in [0.15, 0.2) is 0 Å². The molecular weight excluding hydrogens is 334 g/mol. The van der Waals surface area contributed by atoms with E-state index in [2.05, 4.69) is 10.6 Å². The Morgan fingerprint density at radius 1 is 1.08 bits per heavy atom. The molecule has 3 aliphatic rings. The first-order valence-electron chi connectivity index (χ1n) is 9.27. The average molecular weight is 357 g/mol. The first-order valence-corrected chi connectivity index (χ1v) is 9.27. The fourth-order valence-electron chi connectivity index (χ4n) is 3.92. The predicted octanol–water partition coefficient (Wildman–Crippen LogP) is 0.968. The molecule has 4 rings (SSSR count). The van der Waals surface area contributed by atoms with E-state index in [-0.39, 0.29) is 30.2 Å². The topological polar surface area (TPSA) is 87.7 Å². The zero-order valence-electron chi connectivity index (χ0n) is 14.6. The third-order valence-corrected chi connectivity index (χ3v) is 5.32. The predicted molar refractivity (Wildman–Crippen MR) is 93.6 cm³/mol. The van der Waals surface area contributed by atoms with Crippen LogP contribution in [0.15, 0.2) is 18.2 Å². The Morgan fingerprint density at radius 2 is 1.96 bits per heavy atom. The molecule has 7 nitrogen and oxygen atoms in total. The van der Waals surface area contributed by atoms with E-state index < -0.39 is 6.04 Å². The third-order valence-electron chi connectivity index (χ3n) is 5.32. The largest absolute Gasteiger partial charge is 0.490 e. The van der Waals surface area contributed by atoms with Crippen LogP contribution in [-0.2, 0) is 16.1 Å². The first-order chi connectivity index (χ1) is 12.6. The van der Waals surface area contributed by atoms with E-state index in [9.17, 15) is 14.4 Å². The van der Waals surface area contributed by atoms with E-state index in [1.165, 1.54) is 0 Å². The number of carbonyl (C=O) groups excluding carboxylic acids is 3. The van der Waals surface area contributed by atoms with Gasteiger partial charge < -0.3 is 15.0 Å². The van der Waals surface area contributed by atoms with Crippen molar-refractivity contribution in [1.29, 1.82) is 0 Å². The third kappa shape index (κ3) is 3.31. The summed E-state index contributed by atoms with van der Waals surface area (Å²) in [6.07, 6.45) is 3.91. The number of amides is 3. The zero-order valence-corrected chi connectivity index (χ0v) is 14.6. The van der Waals surface area contributed by atoms with Crippen molar-refractivity contribution < 1.29 is 19.1 Å². The number of carbonyl (C=O) groups is 3. The van der Waals surface area contributed by atoms with Gasteiger partial charge in [0.05, 0.1) is 6.10 Å². The molecule has 0 saturated carbocycles.